The number of esters is 1. The number of carbonyl (C=O) groups is 2. The molecule has 0 fully saturated rings. The maximum Gasteiger partial charge on any atom is 0.337 e. The molecule has 6 heteroatoms. The summed E-state index contributed by atoms with van der Waals surface area (Å²) in [6, 6.07) is 10.3. The van der Waals surface area contributed by atoms with E-state index < -0.39 is 5.97 Å². The second-order valence-electron chi connectivity index (χ2n) is 5.37. The van der Waals surface area contributed by atoms with Crippen LogP contribution < -0.4 is 14.8 Å². The van der Waals surface area contributed by atoms with E-state index in [0.717, 1.165) is 0 Å². The van der Waals surface area contributed by atoms with Crippen molar-refractivity contribution >= 4 is 29.2 Å². The second kappa shape index (κ2) is 6.68. The predicted octanol–water partition coefficient (Wildman–Crippen LogP) is 2.98. The molecule has 0 aliphatic carbocycles. The van der Waals surface area contributed by atoms with Crippen LogP contribution in [0.15, 0.2) is 36.4 Å². The molecule has 1 N–H and O–H groups in total. The van der Waals surface area contributed by atoms with Gasteiger partial charge in [0.15, 0.2) is 0 Å². The summed E-state index contributed by atoms with van der Waals surface area (Å²) in [6.45, 7) is 0. The highest BCUT2D eigenvalue weighted by Gasteiger charge is 2.26. The highest BCUT2D eigenvalue weighted by Crippen LogP contribution is 2.36. The molecule has 1 aliphatic rings. The van der Waals surface area contributed by atoms with Gasteiger partial charge in [-0.15, -0.1) is 0 Å². The third kappa shape index (κ3) is 3.06. The zero-order valence-corrected chi connectivity index (χ0v) is 14.1. The fourth-order valence-corrected chi connectivity index (χ4v) is 2.68. The largest absolute Gasteiger partial charge is 0.497 e. The summed E-state index contributed by atoms with van der Waals surface area (Å²) < 4.78 is 15.3. The Bertz CT molecular complexity index is 885. The Balaban J connectivity index is 2.12. The van der Waals surface area contributed by atoms with Gasteiger partial charge in [-0.05, 0) is 42.5 Å². The molecule has 25 heavy (non-hydrogen) atoms. The molecular formula is C19H17NO5. The molecule has 0 saturated heterocycles. The van der Waals surface area contributed by atoms with Crippen LogP contribution in [0.2, 0.25) is 0 Å². The van der Waals surface area contributed by atoms with Crippen molar-refractivity contribution < 1.29 is 23.8 Å². The monoisotopic (exact) mass is 339 g/mol. The van der Waals surface area contributed by atoms with E-state index in [1.807, 2.05) is 0 Å². The Hall–Kier alpha value is -3.28. The van der Waals surface area contributed by atoms with Crippen molar-refractivity contribution in [1.82, 2.24) is 0 Å². The molecule has 0 bridgehead atoms. The molecule has 0 radical (unpaired) electrons. The van der Waals surface area contributed by atoms with Crippen molar-refractivity contribution in [2.24, 2.45) is 0 Å². The van der Waals surface area contributed by atoms with Crippen molar-refractivity contribution in [2.45, 2.75) is 0 Å². The summed E-state index contributed by atoms with van der Waals surface area (Å²) in [5, 5.41) is 2.79. The molecule has 1 aliphatic heterocycles. The summed E-state index contributed by atoms with van der Waals surface area (Å²) in [4.78, 5) is 24.1. The van der Waals surface area contributed by atoms with Crippen LogP contribution in [-0.2, 0) is 9.53 Å². The highest BCUT2D eigenvalue weighted by atomic mass is 16.5. The lowest BCUT2D eigenvalue weighted by Crippen LogP contribution is -2.03. The molecule has 1 amide bonds. The first-order valence-corrected chi connectivity index (χ1v) is 7.55. The van der Waals surface area contributed by atoms with Crippen LogP contribution in [0.4, 0.5) is 5.69 Å². The molecule has 1 heterocycles. The molecule has 0 atom stereocenters. The van der Waals surface area contributed by atoms with Crippen LogP contribution >= 0.6 is 0 Å². The van der Waals surface area contributed by atoms with Gasteiger partial charge in [0.1, 0.15) is 11.5 Å². The molecule has 2 aromatic carbocycles. The quantitative estimate of drug-likeness (QED) is 0.685. The van der Waals surface area contributed by atoms with Gasteiger partial charge < -0.3 is 19.5 Å². The van der Waals surface area contributed by atoms with Crippen LogP contribution in [0.25, 0.3) is 11.6 Å². The Kier molecular flexibility index (Phi) is 4.43. The van der Waals surface area contributed by atoms with Gasteiger partial charge in [0, 0.05) is 22.4 Å². The number of rotatable bonds is 4. The maximum atomic E-state index is 12.4. The third-order valence-electron chi connectivity index (χ3n) is 3.96. The molecule has 3 rings (SSSR count). The minimum Gasteiger partial charge on any atom is -0.497 e. The Morgan fingerprint density at radius 3 is 2.52 bits per heavy atom. The topological polar surface area (TPSA) is 73.9 Å². The molecule has 0 spiro atoms. The third-order valence-corrected chi connectivity index (χ3v) is 3.96. The smallest absolute Gasteiger partial charge is 0.337 e. The summed E-state index contributed by atoms with van der Waals surface area (Å²) in [5.41, 5.74) is 2.79. The van der Waals surface area contributed by atoms with Gasteiger partial charge in [0.05, 0.1) is 26.9 Å². The van der Waals surface area contributed by atoms with Gasteiger partial charge in [-0.3, -0.25) is 4.79 Å². The van der Waals surface area contributed by atoms with E-state index in [-0.39, 0.29) is 5.91 Å². The maximum absolute atomic E-state index is 12.4. The lowest BCUT2D eigenvalue weighted by atomic mass is 10.0. The second-order valence-corrected chi connectivity index (χ2v) is 5.37. The summed E-state index contributed by atoms with van der Waals surface area (Å²) in [6.07, 6.45) is 1.71. The van der Waals surface area contributed by atoms with Crippen LogP contribution in [-0.4, -0.2) is 33.2 Å². The number of fused-ring (bicyclic) bond motifs is 1. The Morgan fingerprint density at radius 1 is 1.04 bits per heavy atom. The Morgan fingerprint density at radius 2 is 1.84 bits per heavy atom. The first kappa shape index (κ1) is 16.6. The predicted molar refractivity (Wildman–Crippen MR) is 93.8 cm³/mol. The lowest BCUT2D eigenvalue weighted by Gasteiger charge is -2.08. The minimum absolute atomic E-state index is 0.248. The van der Waals surface area contributed by atoms with Crippen LogP contribution in [0.3, 0.4) is 0 Å². The van der Waals surface area contributed by atoms with Crippen molar-refractivity contribution in [3.63, 3.8) is 0 Å². The molecule has 2 aromatic rings. The van der Waals surface area contributed by atoms with Crippen LogP contribution in [0, 0.1) is 0 Å². The number of ether oxygens (including phenoxy) is 3. The zero-order valence-electron chi connectivity index (χ0n) is 14.1. The van der Waals surface area contributed by atoms with E-state index in [9.17, 15) is 9.59 Å². The zero-order chi connectivity index (χ0) is 18.0. The SMILES string of the molecule is COC(=O)c1ccc2c(c1)C(=Cc1cc(OC)ccc1OC)C(=O)N2. The molecular weight excluding hydrogens is 322 g/mol. The van der Waals surface area contributed by atoms with Gasteiger partial charge in [0.25, 0.3) is 5.91 Å². The number of methoxy groups -OCH3 is 3. The van der Waals surface area contributed by atoms with Gasteiger partial charge in [-0.25, -0.2) is 4.79 Å². The minimum atomic E-state index is -0.458. The van der Waals surface area contributed by atoms with Crippen LogP contribution in [0.1, 0.15) is 21.5 Å². The first-order chi connectivity index (χ1) is 12.1. The number of nitrogens with one attached hydrogen (secondary N) is 1. The van der Waals surface area contributed by atoms with Gasteiger partial charge in [-0.2, -0.15) is 0 Å². The molecule has 6 nitrogen and oxygen atoms in total. The number of anilines is 1. The van der Waals surface area contributed by atoms with Crippen molar-refractivity contribution in [3.8, 4) is 11.5 Å². The summed E-state index contributed by atoms with van der Waals surface area (Å²) in [5.74, 6) is 0.551. The van der Waals surface area contributed by atoms with Crippen molar-refractivity contribution in [2.75, 3.05) is 26.6 Å². The number of carbonyl (C=O) groups excluding carboxylic acids is 2. The van der Waals surface area contributed by atoms with Gasteiger partial charge in [-0.1, -0.05) is 0 Å². The molecule has 128 valence electrons. The molecule has 0 unspecified atom stereocenters. The van der Waals surface area contributed by atoms with Gasteiger partial charge in [0.2, 0.25) is 0 Å². The number of hydrogen-bond donors (Lipinski definition) is 1. The standard InChI is InChI=1S/C19H17NO5/c1-23-13-5-7-17(24-2)12(8-13)10-15-14-9-11(19(22)25-3)4-6-16(14)20-18(15)21/h4-10H,1-3H3,(H,20,21). The summed E-state index contributed by atoms with van der Waals surface area (Å²) >= 11 is 0. The van der Waals surface area contributed by atoms with Crippen molar-refractivity contribution in [1.29, 1.82) is 0 Å². The van der Waals surface area contributed by atoms with E-state index in [1.165, 1.54) is 7.11 Å². The van der Waals surface area contributed by atoms with E-state index in [2.05, 4.69) is 5.32 Å². The van der Waals surface area contributed by atoms with E-state index in [0.29, 0.717) is 39.4 Å². The number of benzene rings is 2. The normalized spacial score (nSPS) is 14.0. The van der Waals surface area contributed by atoms with E-state index >= 15 is 0 Å². The average Bonchev–Trinajstić information content (AvgIpc) is 2.95. The number of hydrogen-bond acceptors (Lipinski definition) is 5. The summed E-state index contributed by atoms with van der Waals surface area (Å²) in [7, 11) is 4.44. The molecule has 0 aromatic heterocycles. The highest BCUT2D eigenvalue weighted by molar-refractivity contribution is 6.35. The van der Waals surface area contributed by atoms with E-state index in [4.69, 9.17) is 14.2 Å². The molecule has 0 saturated carbocycles. The fourth-order valence-electron chi connectivity index (χ4n) is 2.68. The van der Waals surface area contributed by atoms with Crippen LogP contribution in [0.5, 0.6) is 11.5 Å². The fraction of sp³-hybridized carbons (Fsp3) is 0.158. The van der Waals surface area contributed by atoms with Crippen molar-refractivity contribution in [3.05, 3.63) is 53.1 Å². The average molecular weight is 339 g/mol. The number of amides is 1. The van der Waals surface area contributed by atoms with E-state index in [1.54, 1.807) is 56.7 Å². The lowest BCUT2D eigenvalue weighted by molar-refractivity contribution is -0.110. The van der Waals surface area contributed by atoms with Gasteiger partial charge >= 0.3 is 5.97 Å². The Labute approximate surface area is 145 Å². The first-order valence-electron chi connectivity index (χ1n) is 7.55.